The van der Waals surface area contributed by atoms with Crippen molar-refractivity contribution >= 4 is 0 Å². The summed E-state index contributed by atoms with van der Waals surface area (Å²) < 4.78 is 48.7. The maximum Gasteiger partial charge on any atom is 0.416 e. The molecule has 6 nitrogen and oxygen atoms in total. The molecular formula is C68H108F4O6. The summed E-state index contributed by atoms with van der Waals surface area (Å²) in [7, 11) is 0. The molecule has 0 aliphatic heterocycles. The van der Waals surface area contributed by atoms with E-state index in [0.717, 1.165) is 35.6 Å². The number of rotatable bonds is 11. The van der Waals surface area contributed by atoms with Gasteiger partial charge in [-0.25, -0.2) is 4.39 Å². The highest BCUT2D eigenvalue weighted by atomic mass is 19.4. The second-order valence-corrected chi connectivity index (χ2v) is 24.2. The summed E-state index contributed by atoms with van der Waals surface area (Å²) in [6, 6.07) is 34.4. The van der Waals surface area contributed by atoms with E-state index in [4.69, 9.17) is 30.6 Å². The topological polar surface area (TPSA) is 121 Å². The Balaban J connectivity index is -0.000000829. The lowest BCUT2D eigenvalue weighted by Crippen LogP contribution is -2.34. The number of alkyl halides is 3. The summed E-state index contributed by atoms with van der Waals surface area (Å²) in [5.74, 6) is 4.36. The molecule has 444 valence electrons. The number of aromatic hydroxyl groups is 3. The number of aliphatic hydroxyl groups excluding tert-OH is 3. The first-order valence-electron chi connectivity index (χ1n) is 27.9. The fourth-order valence-electron chi connectivity index (χ4n) is 5.81. The van der Waals surface area contributed by atoms with Crippen LogP contribution in [0.1, 0.15) is 222 Å². The number of aliphatic hydroxyl groups is 3. The molecule has 0 saturated carbocycles. The second kappa shape index (κ2) is 38.7. The van der Waals surface area contributed by atoms with Gasteiger partial charge in [-0.3, -0.25) is 0 Å². The first-order chi connectivity index (χ1) is 35.8. The van der Waals surface area contributed by atoms with Crippen LogP contribution in [0.3, 0.4) is 0 Å². The molecule has 0 aliphatic carbocycles. The highest BCUT2D eigenvalue weighted by Crippen LogP contribution is 2.32. The van der Waals surface area contributed by atoms with Crippen LogP contribution in [-0.2, 0) is 6.18 Å². The van der Waals surface area contributed by atoms with Crippen molar-refractivity contribution in [3.63, 3.8) is 0 Å². The molecule has 0 atom stereocenters. The van der Waals surface area contributed by atoms with Gasteiger partial charge in [0.1, 0.15) is 23.1 Å². The first kappa shape index (κ1) is 77.3. The number of hydrogen-bond donors (Lipinski definition) is 6. The third-order valence-corrected chi connectivity index (χ3v) is 14.3. The number of hydrogen-bond acceptors (Lipinski definition) is 6. The average Bonchev–Trinajstić information content (AvgIpc) is 3.35. The summed E-state index contributed by atoms with van der Waals surface area (Å²) in [6.07, 6.45) is -3.40. The van der Waals surface area contributed by atoms with Gasteiger partial charge in [0.15, 0.2) is 0 Å². The zero-order valence-corrected chi connectivity index (χ0v) is 52.2. The SMILES string of the molecule is CC(C)C(C)(C)C.CC(C)C(C)(C)CO.CC(C)c1cc(O)cc(O)c1.CC(C)c1ccc(C(F)(F)F)cc1.CC(C)c1ccc(F)cc1.CC(C)c1cccc(O)c1.CC(C)c1ccccc1.CCC(CO)(CO)C(C)C. The van der Waals surface area contributed by atoms with Crippen molar-refractivity contribution in [3.05, 3.63) is 161 Å². The van der Waals surface area contributed by atoms with Crippen LogP contribution in [0.25, 0.3) is 0 Å². The summed E-state index contributed by atoms with van der Waals surface area (Å²) in [5, 5.41) is 54.0. The maximum atomic E-state index is 12.4. The zero-order valence-electron chi connectivity index (χ0n) is 52.2. The normalized spacial score (nSPS) is 11.4. The molecule has 6 N–H and O–H groups in total. The molecule has 5 aromatic rings. The third-order valence-electron chi connectivity index (χ3n) is 14.3. The molecule has 0 bridgehead atoms. The Kier molecular flexibility index (Phi) is 38.3. The lowest BCUT2D eigenvalue weighted by Gasteiger charge is -2.32. The molecule has 0 unspecified atom stereocenters. The predicted molar refractivity (Wildman–Crippen MR) is 324 cm³/mol. The van der Waals surface area contributed by atoms with Crippen LogP contribution in [0.2, 0.25) is 0 Å². The minimum atomic E-state index is -4.23. The van der Waals surface area contributed by atoms with E-state index in [0.29, 0.717) is 46.7 Å². The van der Waals surface area contributed by atoms with Crippen LogP contribution in [0.4, 0.5) is 17.6 Å². The third kappa shape index (κ3) is 34.2. The van der Waals surface area contributed by atoms with Crippen molar-refractivity contribution in [1.29, 1.82) is 0 Å². The van der Waals surface area contributed by atoms with E-state index in [1.54, 1.807) is 24.3 Å². The molecule has 0 saturated heterocycles. The molecular weight excluding hydrogens is 989 g/mol. The quantitative estimate of drug-likeness (QED) is 0.0733. The molecule has 10 heteroatoms. The van der Waals surface area contributed by atoms with Crippen LogP contribution in [0, 0.1) is 39.8 Å². The van der Waals surface area contributed by atoms with E-state index in [9.17, 15) is 17.6 Å². The first-order valence-corrected chi connectivity index (χ1v) is 27.9. The number of benzene rings is 5. The second-order valence-electron chi connectivity index (χ2n) is 24.2. The molecule has 0 aliphatic rings. The highest BCUT2D eigenvalue weighted by molar-refractivity contribution is 5.38. The Morgan fingerprint density at radius 3 is 0.962 bits per heavy atom. The molecule has 0 heterocycles. The Bertz CT molecular complexity index is 2210. The van der Waals surface area contributed by atoms with Crippen LogP contribution in [0.5, 0.6) is 17.2 Å². The molecule has 0 fully saturated rings. The van der Waals surface area contributed by atoms with Gasteiger partial charge < -0.3 is 30.6 Å². The van der Waals surface area contributed by atoms with Gasteiger partial charge in [-0.2, -0.15) is 13.2 Å². The van der Waals surface area contributed by atoms with E-state index < -0.39 is 11.7 Å². The minimum Gasteiger partial charge on any atom is -0.508 e. The van der Waals surface area contributed by atoms with Gasteiger partial charge in [0, 0.05) is 18.1 Å². The van der Waals surface area contributed by atoms with Crippen molar-refractivity contribution in [1.82, 2.24) is 0 Å². The molecule has 0 aromatic heterocycles. The zero-order chi connectivity index (χ0) is 61.4. The van der Waals surface area contributed by atoms with E-state index in [1.165, 1.54) is 47.0 Å². The van der Waals surface area contributed by atoms with Gasteiger partial charge in [0.2, 0.25) is 0 Å². The van der Waals surface area contributed by atoms with E-state index in [1.807, 2.05) is 78.8 Å². The molecule has 0 spiro atoms. The lowest BCUT2D eigenvalue weighted by molar-refractivity contribution is -0.137. The highest BCUT2D eigenvalue weighted by Gasteiger charge is 2.31. The summed E-state index contributed by atoms with van der Waals surface area (Å²) >= 11 is 0. The van der Waals surface area contributed by atoms with Gasteiger partial charge in [-0.15, -0.1) is 0 Å². The van der Waals surface area contributed by atoms with Crippen LogP contribution in [-0.4, -0.2) is 50.5 Å². The Morgan fingerprint density at radius 2 is 0.731 bits per heavy atom. The monoisotopic (exact) mass is 1100 g/mol. The van der Waals surface area contributed by atoms with Crippen molar-refractivity contribution in [2.24, 2.45) is 34.0 Å². The number of phenolic OH excluding ortho intramolecular Hbond substituents is 3. The van der Waals surface area contributed by atoms with E-state index >= 15 is 0 Å². The number of phenols is 3. The summed E-state index contributed by atoms with van der Waals surface area (Å²) in [6.45, 7) is 46.9. The van der Waals surface area contributed by atoms with E-state index in [2.05, 4.69) is 128 Å². The van der Waals surface area contributed by atoms with Crippen LogP contribution in [0.15, 0.2) is 121 Å². The van der Waals surface area contributed by atoms with Gasteiger partial charge >= 0.3 is 6.18 Å². The Hall–Kier alpha value is -4.90. The fraction of sp³-hybridized carbons (Fsp3) is 0.559. The fourth-order valence-corrected chi connectivity index (χ4v) is 5.81. The summed E-state index contributed by atoms with van der Waals surface area (Å²) in [5.41, 5.74) is 5.39. The molecule has 78 heavy (non-hydrogen) atoms. The van der Waals surface area contributed by atoms with Crippen molar-refractivity contribution in [2.45, 2.75) is 195 Å². The predicted octanol–water partition coefficient (Wildman–Crippen LogP) is 19.7. The molecule has 5 rings (SSSR count). The Morgan fingerprint density at radius 1 is 0.385 bits per heavy atom. The Labute approximate surface area is 472 Å². The van der Waals surface area contributed by atoms with Gasteiger partial charge in [-0.05, 0) is 141 Å². The standard InChI is InChI=1S/C10H11F3.C9H11F.C9H12O2.C9H12O.C9H12.C8H18O2.C7H16O.C7H16/c1-7(2)8-3-5-9(6-4-8)10(11,12)13;1-7(2)8-3-5-9(10)6-4-8;1-6(2)7-3-8(10)5-9(11)4-7;1-7(2)8-4-3-5-9(10)6-8;1-8(2)9-6-4-3-5-7-9;1-4-8(5-9,6-10)7(2)3;1-6(2)7(3,4)5-8;1-6(2)7(3,4)5/h3-7H,1-2H3;3-7H,1-2H3;3-6,10-11H,1-2H3;3-7,10H,1-2H3;3-8H,1-2H3;7,9-10H,4-6H2,1-3H3;6,8H,5H2,1-4H3;6H,1-5H3. The van der Waals surface area contributed by atoms with Crippen LogP contribution >= 0.6 is 0 Å². The smallest absolute Gasteiger partial charge is 0.416 e. The van der Waals surface area contributed by atoms with E-state index in [-0.39, 0.29) is 53.9 Å². The number of halogens is 4. The lowest BCUT2D eigenvalue weighted by atomic mass is 9.76. The largest absolute Gasteiger partial charge is 0.508 e. The molecule has 0 radical (unpaired) electrons. The van der Waals surface area contributed by atoms with Crippen molar-refractivity contribution in [3.8, 4) is 17.2 Å². The average molecular weight is 1100 g/mol. The minimum absolute atomic E-state index is 0.0810. The van der Waals surface area contributed by atoms with Gasteiger partial charge in [0.05, 0.1) is 18.8 Å². The summed E-state index contributed by atoms with van der Waals surface area (Å²) in [4.78, 5) is 0. The molecule has 5 aromatic carbocycles. The molecule has 0 amide bonds. The van der Waals surface area contributed by atoms with Gasteiger partial charge in [0.25, 0.3) is 0 Å². The van der Waals surface area contributed by atoms with Crippen molar-refractivity contribution in [2.75, 3.05) is 19.8 Å². The van der Waals surface area contributed by atoms with Gasteiger partial charge in [-0.1, -0.05) is 219 Å². The maximum absolute atomic E-state index is 12.4. The van der Waals surface area contributed by atoms with Crippen LogP contribution < -0.4 is 0 Å². The van der Waals surface area contributed by atoms with Crippen molar-refractivity contribution < 1.29 is 48.2 Å².